The lowest BCUT2D eigenvalue weighted by molar-refractivity contribution is -0.144. The molecule has 2 aliphatic rings. The summed E-state index contributed by atoms with van der Waals surface area (Å²) in [6.07, 6.45) is -0.690. The quantitative estimate of drug-likeness (QED) is 0.498. The molecule has 2 heterocycles. The van der Waals surface area contributed by atoms with E-state index in [1.54, 1.807) is 30.3 Å². The number of carbonyl (C=O) groups is 1. The molecule has 0 radical (unpaired) electrons. The molecule has 8 nitrogen and oxygen atoms in total. The molecule has 3 aromatic carbocycles. The molecule has 5 rings (SSSR count). The number of carbonyl (C=O) groups excluding carboxylic acids is 1. The second kappa shape index (κ2) is 11.8. The molecule has 0 saturated carbocycles. The maximum atomic E-state index is 13.5. The minimum Gasteiger partial charge on any atom is -0.389 e. The van der Waals surface area contributed by atoms with Gasteiger partial charge in [0, 0.05) is 12.2 Å². The van der Waals surface area contributed by atoms with Crippen LogP contribution >= 0.6 is 0 Å². The molecule has 0 aromatic heterocycles. The van der Waals surface area contributed by atoms with Crippen LogP contribution in [0.25, 0.3) is 11.1 Å². The highest BCUT2D eigenvalue weighted by Crippen LogP contribution is 2.31. The van der Waals surface area contributed by atoms with Gasteiger partial charge in [0.05, 0.1) is 48.9 Å². The Labute approximate surface area is 223 Å². The molecule has 0 aliphatic carbocycles. The van der Waals surface area contributed by atoms with Gasteiger partial charge in [-0.2, -0.15) is 4.31 Å². The van der Waals surface area contributed by atoms with E-state index in [4.69, 9.17) is 9.47 Å². The summed E-state index contributed by atoms with van der Waals surface area (Å²) in [6, 6.07) is 25.4. The number of nitrogens with zero attached hydrogens (tertiary/aromatic N) is 1. The fraction of sp³-hybridized carbons (Fsp3) is 0.345. The van der Waals surface area contributed by atoms with E-state index in [1.807, 2.05) is 54.6 Å². The van der Waals surface area contributed by atoms with Crippen LogP contribution in [0.15, 0.2) is 89.8 Å². The molecule has 0 bridgehead atoms. The molecule has 38 heavy (non-hydrogen) atoms. The highest BCUT2D eigenvalue weighted by Gasteiger charge is 2.43. The largest absolute Gasteiger partial charge is 0.389 e. The minimum atomic E-state index is -3.85. The van der Waals surface area contributed by atoms with Crippen LogP contribution in [-0.4, -0.2) is 67.8 Å². The molecule has 2 aliphatic heterocycles. The molecule has 3 aromatic rings. The zero-order valence-corrected chi connectivity index (χ0v) is 21.8. The van der Waals surface area contributed by atoms with Gasteiger partial charge in [0.25, 0.3) is 0 Å². The van der Waals surface area contributed by atoms with Crippen molar-refractivity contribution >= 4 is 21.6 Å². The Morgan fingerprint density at radius 2 is 1.55 bits per heavy atom. The number of aliphatic hydroxyl groups excluding tert-OH is 1. The number of hydrogen-bond donors (Lipinski definition) is 2. The van der Waals surface area contributed by atoms with Crippen molar-refractivity contribution in [3.63, 3.8) is 0 Å². The zero-order valence-electron chi connectivity index (χ0n) is 21.0. The fourth-order valence-electron chi connectivity index (χ4n) is 5.09. The number of fused-ring (bicyclic) bond motifs is 1. The van der Waals surface area contributed by atoms with Crippen molar-refractivity contribution in [2.45, 2.75) is 48.5 Å². The van der Waals surface area contributed by atoms with Crippen molar-refractivity contribution in [3.8, 4) is 11.1 Å². The average Bonchev–Trinajstić information content (AvgIpc) is 2.92. The van der Waals surface area contributed by atoms with Gasteiger partial charge in [0.1, 0.15) is 0 Å². The fourth-order valence-corrected chi connectivity index (χ4v) is 6.83. The maximum Gasteiger partial charge on any atom is 0.243 e. The van der Waals surface area contributed by atoms with Crippen molar-refractivity contribution < 1.29 is 27.8 Å². The summed E-state index contributed by atoms with van der Waals surface area (Å²) in [5, 5.41) is 13.3. The zero-order chi connectivity index (χ0) is 26.5. The lowest BCUT2D eigenvalue weighted by Gasteiger charge is -2.43. The van der Waals surface area contributed by atoms with Crippen LogP contribution in [-0.2, 0) is 24.3 Å². The number of anilines is 1. The van der Waals surface area contributed by atoms with Crippen molar-refractivity contribution in [2.75, 3.05) is 25.1 Å². The Kier molecular flexibility index (Phi) is 8.21. The average molecular weight is 537 g/mol. The van der Waals surface area contributed by atoms with Gasteiger partial charge in [-0.15, -0.1) is 0 Å². The lowest BCUT2D eigenvalue weighted by Crippen LogP contribution is -2.57. The van der Waals surface area contributed by atoms with Gasteiger partial charge >= 0.3 is 0 Å². The van der Waals surface area contributed by atoms with Crippen LogP contribution in [0, 0.1) is 0 Å². The van der Waals surface area contributed by atoms with Crippen LogP contribution in [0.3, 0.4) is 0 Å². The van der Waals surface area contributed by atoms with Crippen LogP contribution < -0.4 is 5.32 Å². The number of benzene rings is 3. The van der Waals surface area contributed by atoms with E-state index < -0.39 is 28.3 Å². The molecule has 0 spiro atoms. The van der Waals surface area contributed by atoms with Gasteiger partial charge in [-0.25, -0.2) is 8.42 Å². The normalized spacial score (nSPS) is 24.6. The van der Waals surface area contributed by atoms with E-state index >= 15 is 0 Å². The molecule has 200 valence electrons. The molecule has 2 N–H and O–H groups in total. The monoisotopic (exact) mass is 536 g/mol. The number of amides is 1. The van der Waals surface area contributed by atoms with Crippen molar-refractivity contribution in [1.29, 1.82) is 0 Å². The van der Waals surface area contributed by atoms with Crippen LogP contribution in [0.5, 0.6) is 0 Å². The minimum absolute atomic E-state index is 0.0114. The SMILES string of the molecule is O=C(C[C@@H]1CC[C@@H]2[C@H](COC[C@H](O)CN2S(=O)(=O)c2ccccc2)O1)Nc1ccc(-c2ccccc2)cc1. The van der Waals surface area contributed by atoms with Crippen LogP contribution in [0.2, 0.25) is 0 Å². The predicted octanol–water partition coefficient (Wildman–Crippen LogP) is 3.68. The summed E-state index contributed by atoms with van der Waals surface area (Å²) in [7, 11) is -3.85. The van der Waals surface area contributed by atoms with Gasteiger partial charge in [-0.1, -0.05) is 60.7 Å². The number of rotatable bonds is 6. The second-order valence-corrected chi connectivity index (χ2v) is 11.6. The number of ether oxygens (including phenoxy) is 2. The number of hydrogen-bond acceptors (Lipinski definition) is 6. The van der Waals surface area contributed by atoms with Gasteiger partial charge < -0.3 is 19.9 Å². The smallest absolute Gasteiger partial charge is 0.243 e. The topological polar surface area (TPSA) is 105 Å². The Morgan fingerprint density at radius 3 is 2.26 bits per heavy atom. The standard InChI is InChI=1S/C29H32N2O6S/c32-24-18-31(38(34,35)26-9-5-2-6-10-26)27-16-15-25(37-28(27)20-36-19-24)17-29(33)30-23-13-11-22(12-14-23)21-7-3-1-4-8-21/h1-14,24-25,27-28,32H,15-20H2,(H,30,33)/t24-,25+,27-,28+/m1/s1. The summed E-state index contributed by atoms with van der Waals surface area (Å²) in [4.78, 5) is 13.0. The Morgan fingerprint density at radius 1 is 0.895 bits per heavy atom. The van der Waals surface area contributed by atoms with E-state index in [0.29, 0.717) is 18.5 Å². The first kappa shape index (κ1) is 26.5. The van der Waals surface area contributed by atoms with E-state index in [0.717, 1.165) is 11.1 Å². The summed E-state index contributed by atoms with van der Waals surface area (Å²) >= 11 is 0. The summed E-state index contributed by atoms with van der Waals surface area (Å²) < 4.78 is 40.2. The van der Waals surface area contributed by atoms with E-state index in [1.165, 1.54) is 4.31 Å². The van der Waals surface area contributed by atoms with Gasteiger partial charge in [-0.3, -0.25) is 4.79 Å². The van der Waals surface area contributed by atoms with Crippen LogP contribution in [0.4, 0.5) is 5.69 Å². The molecule has 0 unspecified atom stereocenters. The predicted molar refractivity (Wildman–Crippen MR) is 144 cm³/mol. The van der Waals surface area contributed by atoms with E-state index in [-0.39, 0.29) is 43.1 Å². The van der Waals surface area contributed by atoms with Crippen molar-refractivity contribution in [1.82, 2.24) is 4.31 Å². The number of β-amino-alcohol motifs (C(OH)–C–C–N with tert-alkyl or cyclic N) is 1. The molecule has 2 fully saturated rings. The number of sulfonamides is 1. The van der Waals surface area contributed by atoms with Crippen LogP contribution in [0.1, 0.15) is 19.3 Å². The molecular weight excluding hydrogens is 504 g/mol. The van der Waals surface area contributed by atoms with Gasteiger partial charge in [-0.05, 0) is 48.2 Å². The Bertz CT molecular complexity index is 1320. The first-order valence-electron chi connectivity index (χ1n) is 12.8. The third-order valence-electron chi connectivity index (χ3n) is 6.97. The maximum absolute atomic E-state index is 13.5. The second-order valence-electron chi connectivity index (χ2n) is 9.72. The number of aliphatic hydroxyl groups is 1. The van der Waals surface area contributed by atoms with Crippen molar-refractivity contribution in [2.24, 2.45) is 0 Å². The highest BCUT2D eigenvalue weighted by atomic mass is 32.2. The highest BCUT2D eigenvalue weighted by molar-refractivity contribution is 7.89. The van der Waals surface area contributed by atoms with E-state index in [2.05, 4.69) is 5.32 Å². The first-order chi connectivity index (χ1) is 18.4. The molecule has 4 atom stereocenters. The lowest BCUT2D eigenvalue weighted by atomic mass is 9.96. The number of nitrogens with one attached hydrogen (secondary N) is 1. The van der Waals surface area contributed by atoms with E-state index in [9.17, 15) is 18.3 Å². The Hall–Kier alpha value is -3.08. The van der Waals surface area contributed by atoms with Gasteiger partial charge in [0.15, 0.2) is 0 Å². The molecule has 2 saturated heterocycles. The van der Waals surface area contributed by atoms with Gasteiger partial charge in [0.2, 0.25) is 15.9 Å². The molecule has 9 heteroatoms. The Balaban J connectivity index is 1.23. The summed E-state index contributed by atoms with van der Waals surface area (Å²) in [5.74, 6) is -0.170. The third-order valence-corrected chi connectivity index (χ3v) is 8.88. The first-order valence-corrected chi connectivity index (χ1v) is 14.3. The summed E-state index contributed by atoms with van der Waals surface area (Å²) in [5.41, 5.74) is 2.87. The molecular formula is C29H32N2O6S. The molecule has 1 amide bonds. The third kappa shape index (κ3) is 6.14. The summed E-state index contributed by atoms with van der Waals surface area (Å²) in [6.45, 7) is 0.0744. The van der Waals surface area contributed by atoms with Crippen molar-refractivity contribution in [3.05, 3.63) is 84.9 Å².